The van der Waals surface area contributed by atoms with Crippen molar-refractivity contribution in [2.24, 2.45) is 0 Å². The monoisotopic (exact) mass is 260 g/mol. The van der Waals surface area contributed by atoms with E-state index >= 15 is 0 Å². The zero-order chi connectivity index (χ0) is 13.5. The fourth-order valence-corrected chi connectivity index (χ4v) is 1.54. The molecule has 6 nitrogen and oxygen atoms in total. The van der Waals surface area contributed by atoms with Gasteiger partial charge in [0.25, 0.3) is 5.91 Å². The van der Waals surface area contributed by atoms with E-state index in [1.807, 2.05) is 30.3 Å². The number of ether oxygens (including phenoxy) is 1. The van der Waals surface area contributed by atoms with E-state index in [9.17, 15) is 4.79 Å². The molecule has 0 radical (unpaired) electrons. The average molecular weight is 260 g/mol. The van der Waals surface area contributed by atoms with E-state index < -0.39 is 6.10 Å². The predicted molar refractivity (Wildman–Crippen MR) is 69.6 cm³/mol. The van der Waals surface area contributed by atoms with E-state index in [1.165, 1.54) is 4.80 Å². The second-order valence-electron chi connectivity index (χ2n) is 3.99. The number of nitrogens with one attached hydrogen (secondary N) is 1. The van der Waals surface area contributed by atoms with E-state index in [0.717, 1.165) is 0 Å². The molecule has 1 amide bonds. The fraction of sp³-hybridized carbons (Fsp3) is 0.308. The number of aromatic nitrogens is 3. The van der Waals surface area contributed by atoms with Gasteiger partial charge in [0.1, 0.15) is 5.75 Å². The summed E-state index contributed by atoms with van der Waals surface area (Å²) in [6.07, 6.45) is 2.67. The van der Waals surface area contributed by atoms with Crippen LogP contribution in [-0.2, 0) is 11.3 Å². The van der Waals surface area contributed by atoms with Crippen LogP contribution in [0.1, 0.15) is 6.92 Å². The molecule has 19 heavy (non-hydrogen) atoms. The van der Waals surface area contributed by atoms with Gasteiger partial charge in [-0.15, -0.1) is 0 Å². The van der Waals surface area contributed by atoms with Crippen molar-refractivity contribution in [2.45, 2.75) is 19.6 Å². The first-order valence-corrected chi connectivity index (χ1v) is 6.09. The highest BCUT2D eigenvalue weighted by molar-refractivity contribution is 5.80. The van der Waals surface area contributed by atoms with Crippen LogP contribution in [0.2, 0.25) is 0 Å². The van der Waals surface area contributed by atoms with Gasteiger partial charge in [0.2, 0.25) is 0 Å². The highest BCUT2D eigenvalue weighted by Gasteiger charge is 2.13. The number of amides is 1. The lowest BCUT2D eigenvalue weighted by Gasteiger charge is -2.14. The maximum Gasteiger partial charge on any atom is 0.260 e. The number of rotatable bonds is 6. The molecule has 0 fully saturated rings. The highest BCUT2D eigenvalue weighted by Crippen LogP contribution is 2.10. The van der Waals surface area contributed by atoms with Gasteiger partial charge in [0.05, 0.1) is 18.9 Å². The van der Waals surface area contributed by atoms with Gasteiger partial charge >= 0.3 is 0 Å². The van der Waals surface area contributed by atoms with E-state index in [2.05, 4.69) is 15.5 Å². The summed E-state index contributed by atoms with van der Waals surface area (Å²) in [5, 5.41) is 10.7. The van der Waals surface area contributed by atoms with Gasteiger partial charge in [0, 0.05) is 6.54 Å². The van der Waals surface area contributed by atoms with Gasteiger partial charge in [-0.2, -0.15) is 15.0 Å². The van der Waals surface area contributed by atoms with Crippen LogP contribution in [0.5, 0.6) is 5.75 Å². The molecule has 0 aliphatic carbocycles. The maximum absolute atomic E-state index is 11.8. The Labute approximate surface area is 111 Å². The van der Waals surface area contributed by atoms with Crippen LogP contribution >= 0.6 is 0 Å². The molecule has 0 spiro atoms. The Balaban J connectivity index is 1.73. The van der Waals surface area contributed by atoms with Crippen molar-refractivity contribution in [3.63, 3.8) is 0 Å². The molecule has 0 saturated heterocycles. The Morgan fingerprint density at radius 2 is 2.00 bits per heavy atom. The molecule has 1 aromatic carbocycles. The summed E-state index contributed by atoms with van der Waals surface area (Å²) in [7, 11) is 0. The van der Waals surface area contributed by atoms with Crippen molar-refractivity contribution in [2.75, 3.05) is 6.54 Å². The minimum absolute atomic E-state index is 0.156. The molecule has 1 aromatic heterocycles. The Bertz CT molecular complexity index is 499. The molecule has 1 N–H and O–H groups in total. The Hall–Kier alpha value is -2.37. The quantitative estimate of drug-likeness (QED) is 0.836. The zero-order valence-electron chi connectivity index (χ0n) is 10.7. The maximum atomic E-state index is 11.8. The van der Waals surface area contributed by atoms with Crippen molar-refractivity contribution in [3.05, 3.63) is 42.7 Å². The van der Waals surface area contributed by atoms with E-state index in [0.29, 0.717) is 18.8 Å². The Kier molecular flexibility index (Phi) is 4.49. The summed E-state index contributed by atoms with van der Waals surface area (Å²) in [6.45, 7) is 2.72. The first-order valence-electron chi connectivity index (χ1n) is 6.09. The summed E-state index contributed by atoms with van der Waals surface area (Å²) >= 11 is 0. The molecular formula is C13H16N4O2. The van der Waals surface area contributed by atoms with Gasteiger partial charge in [-0.05, 0) is 19.1 Å². The third-order valence-corrected chi connectivity index (χ3v) is 2.50. The molecule has 0 aliphatic rings. The molecule has 1 atom stereocenters. The summed E-state index contributed by atoms with van der Waals surface area (Å²) in [5.41, 5.74) is 0. The highest BCUT2D eigenvalue weighted by atomic mass is 16.5. The minimum atomic E-state index is -0.534. The van der Waals surface area contributed by atoms with Crippen molar-refractivity contribution in [1.82, 2.24) is 20.3 Å². The number of carbonyl (C=O) groups excluding carboxylic acids is 1. The second-order valence-corrected chi connectivity index (χ2v) is 3.99. The molecule has 2 aromatic rings. The molecular weight excluding hydrogens is 244 g/mol. The van der Waals surface area contributed by atoms with Crippen LogP contribution in [0.4, 0.5) is 0 Å². The second kappa shape index (κ2) is 6.53. The average Bonchev–Trinajstić information content (AvgIpc) is 2.93. The van der Waals surface area contributed by atoms with Crippen molar-refractivity contribution in [3.8, 4) is 5.75 Å². The number of hydrogen-bond donors (Lipinski definition) is 1. The van der Waals surface area contributed by atoms with Gasteiger partial charge < -0.3 is 10.1 Å². The smallest absolute Gasteiger partial charge is 0.260 e. The lowest BCUT2D eigenvalue weighted by molar-refractivity contribution is -0.127. The van der Waals surface area contributed by atoms with Crippen molar-refractivity contribution >= 4 is 5.91 Å². The summed E-state index contributed by atoms with van der Waals surface area (Å²) in [6, 6.07) is 9.26. The lowest BCUT2D eigenvalue weighted by Crippen LogP contribution is -2.38. The first-order chi connectivity index (χ1) is 9.25. The number of benzene rings is 1. The SMILES string of the molecule is C[C@@H](Oc1ccccc1)C(=O)NCCn1nccn1. The standard InChI is InChI=1S/C13H16N4O2/c1-11(19-12-5-3-2-4-6-12)13(18)14-9-10-17-15-7-8-16-17/h2-8,11H,9-10H2,1H3,(H,14,18)/t11-/m1/s1. The third-order valence-electron chi connectivity index (χ3n) is 2.50. The topological polar surface area (TPSA) is 69.0 Å². The van der Waals surface area contributed by atoms with Gasteiger partial charge in [-0.25, -0.2) is 0 Å². The van der Waals surface area contributed by atoms with Crippen LogP contribution < -0.4 is 10.1 Å². The van der Waals surface area contributed by atoms with Crippen LogP contribution in [0.25, 0.3) is 0 Å². The van der Waals surface area contributed by atoms with E-state index in [4.69, 9.17) is 4.74 Å². The summed E-state index contributed by atoms with van der Waals surface area (Å²) in [5.74, 6) is 0.523. The fourth-order valence-electron chi connectivity index (χ4n) is 1.54. The number of para-hydroxylation sites is 1. The lowest BCUT2D eigenvalue weighted by atomic mass is 10.3. The van der Waals surface area contributed by atoms with Crippen molar-refractivity contribution in [1.29, 1.82) is 0 Å². The zero-order valence-corrected chi connectivity index (χ0v) is 10.7. The molecule has 0 unspecified atom stereocenters. The van der Waals surface area contributed by atoms with Crippen LogP contribution in [0, 0.1) is 0 Å². The number of hydrogen-bond acceptors (Lipinski definition) is 4. The summed E-state index contributed by atoms with van der Waals surface area (Å²) < 4.78 is 5.51. The third kappa shape index (κ3) is 4.09. The molecule has 100 valence electrons. The number of nitrogens with zero attached hydrogens (tertiary/aromatic N) is 3. The van der Waals surface area contributed by atoms with Crippen LogP contribution in [0.15, 0.2) is 42.7 Å². The molecule has 2 rings (SSSR count). The molecule has 0 aliphatic heterocycles. The van der Waals surface area contributed by atoms with Gasteiger partial charge in [-0.3, -0.25) is 4.79 Å². The van der Waals surface area contributed by atoms with Crippen molar-refractivity contribution < 1.29 is 9.53 Å². The Morgan fingerprint density at radius 1 is 1.32 bits per heavy atom. The van der Waals surface area contributed by atoms with Gasteiger partial charge in [-0.1, -0.05) is 18.2 Å². The number of carbonyl (C=O) groups is 1. The largest absolute Gasteiger partial charge is 0.481 e. The molecule has 6 heteroatoms. The molecule has 0 bridgehead atoms. The van der Waals surface area contributed by atoms with Gasteiger partial charge in [0.15, 0.2) is 6.10 Å². The molecule has 0 saturated carbocycles. The van der Waals surface area contributed by atoms with Crippen LogP contribution in [0.3, 0.4) is 0 Å². The Morgan fingerprint density at radius 3 is 2.68 bits per heavy atom. The normalized spacial score (nSPS) is 11.8. The first kappa shape index (κ1) is 13.1. The van der Waals surface area contributed by atoms with E-state index in [1.54, 1.807) is 19.3 Å². The molecule has 1 heterocycles. The minimum Gasteiger partial charge on any atom is -0.481 e. The van der Waals surface area contributed by atoms with Crippen LogP contribution in [-0.4, -0.2) is 33.5 Å². The summed E-state index contributed by atoms with van der Waals surface area (Å²) in [4.78, 5) is 13.3. The van der Waals surface area contributed by atoms with E-state index in [-0.39, 0.29) is 5.91 Å². The predicted octanol–water partition coefficient (Wildman–Crippen LogP) is 0.862.